The van der Waals surface area contributed by atoms with Gasteiger partial charge in [-0.1, -0.05) is 32.4 Å². The van der Waals surface area contributed by atoms with E-state index in [9.17, 15) is 31.1 Å². The van der Waals surface area contributed by atoms with Crippen molar-refractivity contribution in [2.24, 2.45) is 5.41 Å². The zero-order valence-corrected chi connectivity index (χ0v) is 22.3. The first kappa shape index (κ1) is 30.9. The molecule has 5 nitrogen and oxygen atoms in total. The Bertz CT molecular complexity index is 1340. The number of unbranched alkanes of at least 4 members (excludes halogenated alkanes) is 2. The lowest BCUT2D eigenvalue weighted by Gasteiger charge is -2.31. The lowest BCUT2D eigenvalue weighted by atomic mass is 9.92. The van der Waals surface area contributed by atoms with Crippen molar-refractivity contribution in [3.05, 3.63) is 60.2 Å². The number of aryl methyl sites for hydroxylation is 1. The average Bonchev–Trinajstić information content (AvgIpc) is 3.27. The van der Waals surface area contributed by atoms with Crippen molar-refractivity contribution in [3.8, 4) is 22.8 Å². The summed E-state index contributed by atoms with van der Waals surface area (Å²) in [5, 5.41) is 0.487. The van der Waals surface area contributed by atoms with Gasteiger partial charge in [-0.3, -0.25) is 0 Å². The Morgan fingerprint density at radius 2 is 1.70 bits per heavy atom. The minimum atomic E-state index is -4.92. The normalized spacial score (nSPS) is 13.6. The van der Waals surface area contributed by atoms with Crippen LogP contribution in [0.3, 0.4) is 0 Å². The largest absolute Gasteiger partial charge is 0.573 e. The molecule has 3 aromatic rings. The molecule has 0 amide bonds. The number of halogens is 6. The molecule has 0 bridgehead atoms. The van der Waals surface area contributed by atoms with E-state index < -0.39 is 42.9 Å². The average molecular weight is 573 g/mol. The number of esters is 1. The maximum atomic E-state index is 13.8. The molecule has 0 N–H and O–H groups in total. The number of carbonyl (C=O) groups is 1. The third-order valence-corrected chi connectivity index (χ3v) is 6.21. The summed E-state index contributed by atoms with van der Waals surface area (Å²) in [5.41, 5.74) is -1.63. The van der Waals surface area contributed by atoms with E-state index in [1.807, 2.05) is 6.92 Å². The molecule has 1 heterocycles. The lowest BCUT2D eigenvalue weighted by Crippen LogP contribution is -2.44. The predicted octanol–water partition coefficient (Wildman–Crippen LogP) is 8.80. The summed E-state index contributed by atoms with van der Waals surface area (Å²) < 4.78 is 101. The van der Waals surface area contributed by atoms with E-state index in [1.54, 1.807) is 6.07 Å². The van der Waals surface area contributed by atoms with Crippen LogP contribution in [0, 0.1) is 5.41 Å². The first-order valence-corrected chi connectivity index (χ1v) is 12.6. The fourth-order valence-corrected chi connectivity index (χ4v) is 3.74. The first-order chi connectivity index (χ1) is 18.6. The zero-order valence-electron chi connectivity index (χ0n) is 22.3. The zero-order chi connectivity index (χ0) is 29.7. The Morgan fingerprint density at radius 3 is 2.33 bits per heavy atom. The summed E-state index contributed by atoms with van der Waals surface area (Å²) in [6.45, 7) is 5.69. The molecular formula is C29H30F6O5. The number of hydrogen-bond acceptors (Lipinski definition) is 5. The number of fused-ring (bicyclic) bond motifs is 1. The maximum Gasteiger partial charge on any atom is 0.573 e. The predicted molar refractivity (Wildman–Crippen MR) is 137 cm³/mol. The van der Waals surface area contributed by atoms with Crippen LogP contribution in [0.15, 0.2) is 59.0 Å². The highest BCUT2D eigenvalue weighted by molar-refractivity contribution is 5.87. The van der Waals surface area contributed by atoms with E-state index in [-0.39, 0.29) is 28.2 Å². The van der Waals surface area contributed by atoms with Crippen molar-refractivity contribution >= 4 is 16.9 Å². The highest BCUT2D eigenvalue weighted by Crippen LogP contribution is 2.41. The van der Waals surface area contributed by atoms with Gasteiger partial charge in [-0.15, -0.1) is 13.2 Å². The molecule has 40 heavy (non-hydrogen) atoms. The second-order valence-electron chi connectivity index (χ2n) is 9.85. The van der Waals surface area contributed by atoms with Crippen molar-refractivity contribution in [1.29, 1.82) is 0 Å². The topological polar surface area (TPSA) is 57.9 Å². The van der Waals surface area contributed by atoms with Gasteiger partial charge in [0.25, 0.3) is 0 Å². The van der Waals surface area contributed by atoms with Crippen molar-refractivity contribution in [2.75, 3.05) is 13.2 Å². The SMILES string of the molecule is C=C(C)C(=O)OCC(C)(COc1ccc2cc(-c3ccc(CCCCC)cc3OC(F)(F)F)oc2c1)C(F)(F)F. The Morgan fingerprint density at radius 1 is 0.975 bits per heavy atom. The quantitative estimate of drug-likeness (QED) is 0.0940. The van der Waals surface area contributed by atoms with Gasteiger partial charge in [0.05, 0.1) is 5.56 Å². The van der Waals surface area contributed by atoms with Crippen LogP contribution < -0.4 is 9.47 Å². The van der Waals surface area contributed by atoms with Crippen LogP contribution in [-0.4, -0.2) is 31.7 Å². The van der Waals surface area contributed by atoms with Crippen molar-refractivity contribution in [3.63, 3.8) is 0 Å². The minimum absolute atomic E-state index is 0.0214. The number of alkyl halides is 6. The standard InChI is InChI=1S/C29H30F6O5/c1-5-6-7-8-19-9-12-22(25(13-19)40-29(33,34)35)24-14-20-10-11-21(15-23(20)39-24)37-16-27(4,28(30,31)32)17-38-26(36)18(2)3/h9-15H,2,5-8,16-17H2,1,3-4H3. The Balaban J connectivity index is 1.85. The van der Waals surface area contributed by atoms with Crippen LogP contribution in [-0.2, 0) is 16.0 Å². The van der Waals surface area contributed by atoms with Gasteiger partial charge >= 0.3 is 18.5 Å². The maximum absolute atomic E-state index is 13.8. The monoisotopic (exact) mass is 572 g/mol. The smallest absolute Gasteiger partial charge is 0.492 e. The molecule has 0 radical (unpaired) electrons. The summed E-state index contributed by atoms with van der Waals surface area (Å²) in [4.78, 5) is 11.6. The highest BCUT2D eigenvalue weighted by Gasteiger charge is 2.53. The Labute approximate surface area is 227 Å². The molecule has 218 valence electrons. The first-order valence-electron chi connectivity index (χ1n) is 12.6. The molecule has 0 aliphatic heterocycles. The summed E-state index contributed by atoms with van der Waals surface area (Å²) >= 11 is 0. The van der Waals surface area contributed by atoms with Crippen LogP contribution in [0.5, 0.6) is 11.5 Å². The van der Waals surface area contributed by atoms with Gasteiger partial charge in [-0.25, -0.2) is 4.79 Å². The molecule has 11 heteroatoms. The Kier molecular flexibility index (Phi) is 9.48. The van der Waals surface area contributed by atoms with E-state index in [4.69, 9.17) is 13.9 Å². The van der Waals surface area contributed by atoms with Gasteiger partial charge in [-0.05, 0) is 62.6 Å². The molecule has 0 saturated carbocycles. The van der Waals surface area contributed by atoms with Gasteiger partial charge < -0.3 is 18.6 Å². The van der Waals surface area contributed by atoms with E-state index in [2.05, 4.69) is 11.3 Å². The molecule has 0 aliphatic rings. The van der Waals surface area contributed by atoms with Gasteiger partial charge in [-0.2, -0.15) is 13.2 Å². The molecule has 1 unspecified atom stereocenters. The third kappa shape index (κ3) is 7.95. The van der Waals surface area contributed by atoms with E-state index in [0.717, 1.165) is 26.2 Å². The van der Waals surface area contributed by atoms with Crippen LogP contribution in [0.4, 0.5) is 26.3 Å². The fraction of sp³-hybridized carbons (Fsp3) is 0.414. The lowest BCUT2D eigenvalue weighted by molar-refractivity contribution is -0.274. The fourth-order valence-electron chi connectivity index (χ4n) is 3.74. The summed E-state index contributed by atoms with van der Waals surface area (Å²) in [6.07, 6.45) is -6.38. The summed E-state index contributed by atoms with van der Waals surface area (Å²) in [6, 6.07) is 10.3. The summed E-state index contributed by atoms with van der Waals surface area (Å²) in [5.74, 6) is -1.27. The van der Waals surface area contributed by atoms with Crippen LogP contribution >= 0.6 is 0 Å². The van der Waals surface area contributed by atoms with Gasteiger partial charge in [0.2, 0.25) is 0 Å². The van der Waals surface area contributed by atoms with E-state index in [1.165, 1.54) is 43.3 Å². The number of rotatable bonds is 12. The van der Waals surface area contributed by atoms with Gasteiger partial charge in [0.1, 0.15) is 41.5 Å². The number of hydrogen-bond donors (Lipinski definition) is 0. The van der Waals surface area contributed by atoms with Gasteiger partial charge in [0, 0.05) is 17.0 Å². The summed E-state index contributed by atoms with van der Waals surface area (Å²) in [7, 11) is 0. The molecule has 0 spiro atoms. The minimum Gasteiger partial charge on any atom is -0.492 e. The Hall–Kier alpha value is -3.63. The van der Waals surface area contributed by atoms with Crippen molar-refractivity contribution in [1.82, 2.24) is 0 Å². The molecule has 0 fully saturated rings. The van der Waals surface area contributed by atoms with Gasteiger partial charge in [0.15, 0.2) is 0 Å². The van der Waals surface area contributed by atoms with E-state index in [0.29, 0.717) is 17.4 Å². The third-order valence-electron chi connectivity index (χ3n) is 6.21. The highest BCUT2D eigenvalue weighted by atomic mass is 19.4. The van der Waals surface area contributed by atoms with E-state index >= 15 is 0 Å². The second kappa shape index (κ2) is 12.3. The van der Waals surface area contributed by atoms with Crippen LogP contribution in [0.2, 0.25) is 0 Å². The molecule has 3 rings (SSSR count). The second-order valence-corrected chi connectivity index (χ2v) is 9.85. The van der Waals surface area contributed by atoms with Crippen LogP contribution in [0.1, 0.15) is 45.6 Å². The van der Waals surface area contributed by atoms with Crippen LogP contribution in [0.25, 0.3) is 22.3 Å². The number of ether oxygens (including phenoxy) is 3. The number of furan rings is 1. The van der Waals surface area contributed by atoms with Crippen molar-refractivity contribution in [2.45, 2.75) is 59.0 Å². The molecule has 1 atom stereocenters. The van der Waals surface area contributed by atoms with Crippen molar-refractivity contribution < 1.29 is 49.8 Å². The number of carbonyl (C=O) groups excluding carboxylic acids is 1. The molecular weight excluding hydrogens is 542 g/mol. The molecule has 0 aliphatic carbocycles. The molecule has 1 aromatic heterocycles. The molecule has 0 saturated heterocycles. The number of benzene rings is 2. The molecule has 2 aromatic carbocycles.